The molecule has 0 spiro atoms. The summed E-state index contributed by atoms with van der Waals surface area (Å²) in [6.45, 7) is 3.78. The molecule has 0 atom stereocenters. The summed E-state index contributed by atoms with van der Waals surface area (Å²) in [5.74, 6) is -0.490. The molecule has 1 aromatic heterocycles. The second-order valence-electron chi connectivity index (χ2n) is 5.81. The maximum Gasteiger partial charge on any atom is 0.127 e. The normalized spacial score (nSPS) is 11.0. The van der Waals surface area contributed by atoms with Crippen molar-refractivity contribution in [2.24, 2.45) is 7.05 Å². The Morgan fingerprint density at radius 3 is 2.35 bits per heavy atom. The van der Waals surface area contributed by atoms with Crippen LogP contribution in [0.1, 0.15) is 22.5 Å². The lowest BCUT2D eigenvalue weighted by molar-refractivity contribution is 0.608. The van der Waals surface area contributed by atoms with E-state index in [9.17, 15) is 8.78 Å². The first-order valence-corrected chi connectivity index (χ1v) is 7.49. The molecule has 4 heteroatoms. The largest absolute Gasteiger partial charge is 0.271 e. The van der Waals surface area contributed by atoms with Crippen molar-refractivity contribution in [1.29, 1.82) is 0 Å². The Labute approximate surface area is 134 Å². The van der Waals surface area contributed by atoms with E-state index < -0.39 is 0 Å². The molecule has 3 aromatic rings. The Balaban J connectivity index is 2.07. The van der Waals surface area contributed by atoms with Crippen LogP contribution in [0.2, 0.25) is 0 Å². The third-order valence-electron chi connectivity index (χ3n) is 4.04. The fraction of sp³-hybridized carbons (Fsp3) is 0.211. The van der Waals surface area contributed by atoms with Crippen LogP contribution in [0.3, 0.4) is 0 Å². The molecule has 23 heavy (non-hydrogen) atoms. The van der Waals surface area contributed by atoms with E-state index in [0.717, 1.165) is 28.1 Å². The van der Waals surface area contributed by atoms with E-state index in [4.69, 9.17) is 0 Å². The average Bonchev–Trinajstić information content (AvgIpc) is 2.77. The fourth-order valence-electron chi connectivity index (χ4n) is 2.88. The topological polar surface area (TPSA) is 17.8 Å². The van der Waals surface area contributed by atoms with Gasteiger partial charge in [-0.25, -0.2) is 8.78 Å². The molecule has 0 saturated heterocycles. The van der Waals surface area contributed by atoms with Crippen molar-refractivity contribution in [2.45, 2.75) is 20.3 Å². The minimum atomic E-state index is -0.276. The Kier molecular flexibility index (Phi) is 3.99. The van der Waals surface area contributed by atoms with Crippen molar-refractivity contribution in [3.63, 3.8) is 0 Å². The maximum absolute atomic E-state index is 14.2. The molecule has 2 aromatic carbocycles. The van der Waals surface area contributed by atoms with E-state index in [-0.39, 0.29) is 11.6 Å². The molecule has 0 amide bonds. The lowest BCUT2D eigenvalue weighted by Crippen LogP contribution is -2.02. The highest BCUT2D eigenvalue weighted by Crippen LogP contribution is 2.29. The molecule has 0 aliphatic carbocycles. The highest BCUT2D eigenvalue weighted by molar-refractivity contribution is 5.69. The summed E-state index contributed by atoms with van der Waals surface area (Å²) < 4.78 is 29.1. The third-order valence-corrected chi connectivity index (χ3v) is 4.04. The lowest BCUT2D eigenvalue weighted by Gasteiger charge is -2.09. The van der Waals surface area contributed by atoms with Crippen molar-refractivity contribution in [2.75, 3.05) is 0 Å². The number of hydrogen-bond acceptors (Lipinski definition) is 1. The Bertz CT molecular complexity index is 849. The summed E-state index contributed by atoms with van der Waals surface area (Å²) in [4.78, 5) is 0. The predicted octanol–water partition coefficient (Wildman–Crippen LogP) is 4.57. The molecular weight excluding hydrogens is 294 g/mol. The van der Waals surface area contributed by atoms with Gasteiger partial charge in [-0.15, -0.1) is 0 Å². The molecule has 0 aliphatic rings. The summed E-state index contributed by atoms with van der Waals surface area (Å²) in [5, 5.41) is 4.45. The second kappa shape index (κ2) is 5.95. The summed E-state index contributed by atoms with van der Waals surface area (Å²) in [6.07, 6.45) is 0.441. The van der Waals surface area contributed by atoms with Gasteiger partial charge in [0.15, 0.2) is 0 Å². The maximum atomic E-state index is 14.2. The van der Waals surface area contributed by atoms with Crippen LogP contribution in [-0.2, 0) is 13.5 Å². The second-order valence-corrected chi connectivity index (χ2v) is 5.81. The molecule has 0 fully saturated rings. The van der Waals surface area contributed by atoms with Crippen molar-refractivity contribution in [1.82, 2.24) is 9.78 Å². The highest BCUT2D eigenvalue weighted by Gasteiger charge is 2.17. The van der Waals surface area contributed by atoms with Gasteiger partial charge in [-0.2, -0.15) is 5.10 Å². The van der Waals surface area contributed by atoms with Gasteiger partial charge in [-0.3, -0.25) is 4.68 Å². The van der Waals surface area contributed by atoms with Crippen molar-refractivity contribution in [3.05, 3.63) is 76.6 Å². The molecule has 2 nitrogen and oxygen atoms in total. The first-order chi connectivity index (χ1) is 11.0. The van der Waals surface area contributed by atoms with Gasteiger partial charge in [-0.1, -0.05) is 24.3 Å². The quantitative estimate of drug-likeness (QED) is 0.692. The van der Waals surface area contributed by atoms with Crippen LogP contribution in [0.5, 0.6) is 0 Å². The Hall–Kier alpha value is -2.49. The molecule has 1 heterocycles. The van der Waals surface area contributed by atoms with Crippen LogP contribution >= 0.6 is 0 Å². The number of aryl methyl sites for hydroxylation is 3. The molecule has 118 valence electrons. The average molecular weight is 312 g/mol. The van der Waals surface area contributed by atoms with Gasteiger partial charge in [-0.05, 0) is 48.7 Å². The summed E-state index contributed by atoms with van der Waals surface area (Å²) in [6, 6.07) is 11.6. The number of halogens is 2. The lowest BCUT2D eigenvalue weighted by atomic mass is 9.98. The summed E-state index contributed by atoms with van der Waals surface area (Å²) in [5.41, 5.74) is 5.11. The van der Waals surface area contributed by atoms with Gasteiger partial charge >= 0.3 is 0 Å². The van der Waals surface area contributed by atoms with E-state index in [0.29, 0.717) is 12.0 Å². The molecule has 0 N–H and O–H groups in total. The number of aromatic nitrogens is 2. The van der Waals surface area contributed by atoms with Crippen LogP contribution in [0.4, 0.5) is 8.78 Å². The van der Waals surface area contributed by atoms with E-state index in [1.165, 1.54) is 18.2 Å². The van der Waals surface area contributed by atoms with Gasteiger partial charge < -0.3 is 0 Å². The number of rotatable bonds is 3. The van der Waals surface area contributed by atoms with Crippen molar-refractivity contribution < 1.29 is 8.78 Å². The standard InChI is InChI=1S/C19H18F2N2/c1-12-4-5-15(17(21)10-12)11-18-19(13(2)22-23(18)3)14-6-8-16(20)9-7-14/h4-10H,11H2,1-3H3. The zero-order valence-corrected chi connectivity index (χ0v) is 13.4. The molecule has 0 saturated carbocycles. The molecule has 0 unspecified atom stereocenters. The Morgan fingerprint density at radius 1 is 1.00 bits per heavy atom. The van der Waals surface area contributed by atoms with E-state index in [2.05, 4.69) is 5.10 Å². The van der Waals surface area contributed by atoms with E-state index in [1.807, 2.05) is 27.0 Å². The molecule has 0 radical (unpaired) electrons. The van der Waals surface area contributed by atoms with Crippen molar-refractivity contribution >= 4 is 0 Å². The van der Waals surface area contributed by atoms with Gasteiger partial charge in [0, 0.05) is 19.0 Å². The van der Waals surface area contributed by atoms with Gasteiger partial charge in [0.05, 0.1) is 11.4 Å². The summed E-state index contributed by atoms with van der Waals surface area (Å²) in [7, 11) is 1.85. The Morgan fingerprint density at radius 2 is 1.70 bits per heavy atom. The monoisotopic (exact) mass is 312 g/mol. The van der Waals surface area contributed by atoms with Crippen LogP contribution in [0.15, 0.2) is 42.5 Å². The van der Waals surface area contributed by atoms with Crippen LogP contribution in [0, 0.1) is 25.5 Å². The smallest absolute Gasteiger partial charge is 0.127 e. The number of hydrogen-bond donors (Lipinski definition) is 0. The van der Waals surface area contributed by atoms with E-state index in [1.54, 1.807) is 22.9 Å². The zero-order valence-electron chi connectivity index (χ0n) is 13.4. The van der Waals surface area contributed by atoms with Crippen LogP contribution < -0.4 is 0 Å². The van der Waals surface area contributed by atoms with Crippen LogP contribution in [0.25, 0.3) is 11.1 Å². The fourth-order valence-corrected chi connectivity index (χ4v) is 2.88. The van der Waals surface area contributed by atoms with Gasteiger partial charge in [0.1, 0.15) is 11.6 Å². The SMILES string of the molecule is Cc1ccc(Cc2c(-c3ccc(F)cc3)c(C)nn2C)c(F)c1. The number of nitrogens with zero attached hydrogens (tertiary/aromatic N) is 2. The summed E-state index contributed by atoms with van der Waals surface area (Å²) >= 11 is 0. The number of benzene rings is 2. The van der Waals surface area contributed by atoms with Crippen LogP contribution in [-0.4, -0.2) is 9.78 Å². The first kappa shape index (κ1) is 15.4. The highest BCUT2D eigenvalue weighted by atomic mass is 19.1. The third kappa shape index (κ3) is 3.02. The van der Waals surface area contributed by atoms with E-state index >= 15 is 0 Å². The first-order valence-electron chi connectivity index (χ1n) is 7.49. The zero-order chi connectivity index (χ0) is 16.6. The minimum Gasteiger partial charge on any atom is -0.271 e. The van der Waals surface area contributed by atoms with Gasteiger partial charge in [0.25, 0.3) is 0 Å². The minimum absolute atomic E-state index is 0.214. The molecular formula is C19H18F2N2. The van der Waals surface area contributed by atoms with Gasteiger partial charge in [0.2, 0.25) is 0 Å². The predicted molar refractivity (Wildman–Crippen MR) is 87.3 cm³/mol. The molecule has 3 rings (SSSR count). The molecule has 0 bridgehead atoms. The molecule has 0 aliphatic heterocycles. The van der Waals surface area contributed by atoms with Crippen molar-refractivity contribution in [3.8, 4) is 11.1 Å².